The molecule has 1 aliphatic heterocycles. The Bertz CT molecular complexity index is 942. The Balaban J connectivity index is 1.74. The summed E-state index contributed by atoms with van der Waals surface area (Å²) < 4.78 is 7.27. The van der Waals surface area contributed by atoms with Crippen molar-refractivity contribution in [1.29, 1.82) is 0 Å². The van der Waals surface area contributed by atoms with E-state index in [0.29, 0.717) is 18.1 Å². The Morgan fingerprint density at radius 3 is 2.96 bits per heavy atom. The molecule has 0 saturated carbocycles. The molecule has 1 saturated heterocycles. The monoisotopic (exact) mass is 339 g/mol. The van der Waals surface area contributed by atoms with E-state index >= 15 is 0 Å². The van der Waals surface area contributed by atoms with Crippen molar-refractivity contribution in [2.24, 2.45) is 7.05 Å². The Morgan fingerprint density at radius 1 is 1.36 bits per heavy atom. The summed E-state index contributed by atoms with van der Waals surface area (Å²) in [6.07, 6.45) is 1.85. The standard InChI is InChI=1S/C18H21N5O2/c1-11-15(18(25-3)22(2)21-11)14-9-6-10-23(14)17(24)16-12-7-4-5-8-13(12)19-20-16/h4-5,7-8,14H,6,9-10H2,1-3H3,(H,19,20)/t14-/m0/s1. The van der Waals surface area contributed by atoms with Gasteiger partial charge in [0.05, 0.1) is 29.9 Å². The lowest BCUT2D eigenvalue weighted by Crippen LogP contribution is -2.31. The molecule has 4 rings (SSSR count). The molecule has 25 heavy (non-hydrogen) atoms. The van der Waals surface area contributed by atoms with E-state index in [4.69, 9.17) is 4.74 Å². The quantitative estimate of drug-likeness (QED) is 0.796. The summed E-state index contributed by atoms with van der Waals surface area (Å²) >= 11 is 0. The molecule has 3 heterocycles. The van der Waals surface area contributed by atoms with Gasteiger partial charge in [0.15, 0.2) is 5.69 Å². The van der Waals surface area contributed by atoms with Crippen LogP contribution in [-0.2, 0) is 7.05 Å². The van der Waals surface area contributed by atoms with Gasteiger partial charge in [-0.25, -0.2) is 4.68 Å². The van der Waals surface area contributed by atoms with Crippen LogP contribution in [0.3, 0.4) is 0 Å². The minimum atomic E-state index is -0.0507. The number of amides is 1. The van der Waals surface area contributed by atoms with E-state index in [9.17, 15) is 4.79 Å². The Morgan fingerprint density at radius 2 is 2.16 bits per heavy atom. The van der Waals surface area contributed by atoms with Crippen LogP contribution in [0.4, 0.5) is 0 Å². The average Bonchev–Trinajstić information content (AvgIpc) is 3.30. The van der Waals surface area contributed by atoms with Crippen LogP contribution in [0.2, 0.25) is 0 Å². The van der Waals surface area contributed by atoms with Crippen molar-refractivity contribution in [3.05, 3.63) is 41.2 Å². The number of aromatic amines is 1. The second-order valence-corrected chi connectivity index (χ2v) is 6.41. The molecule has 3 aromatic rings. The summed E-state index contributed by atoms with van der Waals surface area (Å²) in [6.45, 7) is 2.67. The number of para-hydroxylation sites is 1. The van der Waals surface area contributed by atoms with Crippen molar-refractivity contribution in [1.82, 2.24) is 24.9 Å². The summed E-state index contributed by atoms with van der Waals surface area (Å²) in [7, 11) is 3.50. The minimum Gasteiger partial charge on any atom is -0.481 e. The zero-order valence-electron chi connectivity index (χ0n) is 14.6. The number of nitrogens with one attached hydrogen (secondary N) is 1. The number of ether oxygens (including phenoxy) is 1. The molecule has 0 spiro atoms. The van der Waals surface area contributed by atoms with Crippen LogP contribution in [0.5, 0.6) is 5.88 Å². The summed E-state index contributed by atoms with van der Waals surface area (Å²) in [4.78, 5) is 15.1. The summed E-state index contributed by atoms with van der Waals surface area (Å²) in [5.41, 5.74) is 3.24. The highest BCUT2D eigenvalue weighted by molar-refractivity contribution is 6.04. The van der Waals surface area contributed by atoms with Gasteiger partial charge in [0.25, 0.3) is 5.91 Å². The largest absolute Gasteiger partial charge is 0.481 e. The van der Waals surface area contributed by atoms with E-state index in [0.717, 1.165) is 35.0 Å². The number of benzene rings is 1. The van der Waals surface area contributed by atoms with Crippen molar-refractivity contribution < 1.29 is 9.53 Å². The Kier molecular flexibility index (Phi) is 3.71. The van der Waals surface area contributed by atoms with E-state index < -0.39 is 0 Å². The molecule has 1 aliphatic rings. The summed E-state index contributed by atoms with van der Waals surface area (Å²) in [6, 6.07) is 7.66. The number of rotatable bonds is 3. The van der Waals surface area contributed by atoms with Crippen LogP contribution in [0.1, 0.15) is 40.6 Å². The number of methoxy groups -OCH3 is 1. The molecular weight excluding hydrogens is 318 g/mol. The number of carbonyl (C=O) groups excluding carboxylic acids is 1. The van der Waals surface area contributed by atoms with Crippen LogP contribution in [0.15, 0.2) is 24.3 Å². The minimum absolute atomic E-state index is 0.0355. The topological polar surface area (TPSA) is 76.0 Å². The van der Waals surface area contributed by atoms with Crippen molar-refractivity contribution in [2.45, 2.75) is 25.8 Å². The van der Waals surface area contributed by atoms with E-state index in [1.807, 2.05) is 43.1 Å². The fourth-order valence-electron chi connectivity index (χ4n) is 3.85. The van der Waals surface area contributed by atoms with Gasteiger partial charge in [-0.15, -0.1) is 0 Å². The SMILES string of the molecule is COc1c([C@@H]2CCCN2C(=O)c2n[nH]c3ccccc23)c(C)nn1C. The number of aromatic nitrogens is 4. The van der Waals surface area contributed by atoms with E-state index in [1.54, 1.807) is 11.8 Å². The van der Waals surface area contributed by atoms with Crippen LogP contribution in [0, 0.1) is 6.92 Å². The van der Waals surface area contributed by atoms with Gasteiger partial charge in [-0.3, -0.25) is 9.89 Å². The van der Waals surface area contributed by atoms with Crippen molar-refractivity contribution >= 4 is 16.8 Å². The van der Waals surface area contributed by atoms with Crippen LogP contribution >= 0.6 is 0 Å². The van der Waals surface area contributed by atoms with Gasteiger partial charge >= 0.3 is 0 Å². The average molecular weight is 339 g/mol. The molecule has 0 radical (unpaired) electrons. The van der Waals surface area contributed by atoms with E-state index in [-0.39, 0.29) is 11.9 Å². The molecule has 0 aliphatic carbocycles. The van der Waals surface area contributed by atoms with Gasteiger partial charge in [0, 0.05) is 19.0 Å². The van der Waals surface area contributed by atoms with Crippen LogP contribution in [0.25, 0.3) is 10.9 Å². The first kappa shape index (κ1) is 15.7. The molecule has 2 aromatic heterocycles. The highest BCUT2D eigenvalue weighted by atomic mass is 16.5. The fraction of sp³-hybridized carbons (Fsp3) is 0.389. The maximum atomic E-state index is 13.2. The van der Waals surface area contributed by atoms with Gasteiger partial charge in [0.2, 0.25) is 5.88 Å². The lowest BCUT2D eigenvalue weighted by molar-refractivity contribution is 0.0729. The van der Waals surface area contributed by atoms with E-state index in [1.165, 1.54) is 0 Å². The third-order valence-corrected chi connectivity index (χ3v) is 4.93. The maximum Gasteiger partial charge on any atom is 0.275 e. The third kappa shape index (κ3) is 2.38. The molecule has 1 fully saturated rings. The predicted molar refractivity (Wildman–Crippen MR) is 93.6 cm³/mol. The maximum absolute atomic E-state index is 13.2. The molecule has 1 amide bonds. The Labute approximate surface area is 145 Å². The zero-order valence-corrected chi connectivity index (χ0v) is 14.6. The summed E-state index contributed by atoms with van der Waals surface area (Å²) in [5, 5.41) is 12.5. The highest BCUT2D eigenvalue weighted by Crippen LogP contribution is 2.39. The number of likely N-dealkylation sites (tertiary alicyclic amines) is 1. The molecule has 1 aromatic carbocycles. The third-order valence-electron chi connectivity index (χ3n) is 4.93. The Hall–Kier alpha value is -2.83. The lowest BCUT2D eigenvalue weighted by atomic mass is 10.0. The van der Waals surface area contributed by atoms with Crippen LogP contribution < -0.4 is 4.74 Å². The molecule has 7 heteroatoms. The number of hydrogen-bond acceptors (Lipinski definition) is 4. The van der Waals surface area contributed by atoms with Crippen molar-refractivity contribution in [3.63, 3.8) is 0 Å². The van der Waals surface area contributed by atoms with Crippen molar-refractivity contribution in [3.8, 4) is 5.88 Å². The fourth-order valence-corrected chi connectivity index (χ4v) is 3.85. The zero-order chi connectivity index (χ0) is 17.6. The molecule has 130 valence electrons. The van der Waals surface area contributed by atoms with Gasteiger partial charge in [-0.05, 0) is 25.8 Å². The smallest absolute Gasteiger partial charge is 0.275 e. The second kappa shape index (κ2) is 5.91. The molecule has 0 bridgehead atoms. The first-order valence-corrected chi connectivity index (χ1v) is 8.43. The van der Waals surface area contributed by atoms with Gasteiger partial charge in [-0.2, -0.15) is 10.2 Å². The van der Waals surface area contributed by atoms with Gasteiger partial charge < -0.3 is 9.64 Å². The van der Waals surface area contributed by atoms with Crippen LogP contribution in [-0.4, -0.2) is 44.4 Å². The number of carbonyl (C=O) groups is 1. The first-order valence-electron chi connectivity index (χ1n) is 8.43. The summed E-state index contributed by atoms with van der Waals surface area (Å²) in [5.74, 6) is 0.666. The number of hydrogen-bond donors (Lipinski definition) is 1. The van der Waals surface area contributed by atoms with E-state index in [2.05, 4.69) is 15.3 Å². The molecule has 1 N–H and O–H groups in total. The number of aryl methyl sites for hydroxylation is 2. The number of H-pyrrole nitrogens is 1. The molecule has 1 atom stereocenters. The van der Waals surface area contributed by atoms with Gasteiger partial charge in [-0.1, -0.05) is 18.2 Å². The number of nitrogens with zero attached hydrogens (tertiary/aromatic N) is 4. The van der Waals surface area contributed by atoms with Crippen molar-refractivity contribution in [2.75, 3.05) is 13.7 Å². The highest BCUT2D eigenvalue weighted by Gasteiger charge is 2.36. The lowest BCUT2D eigenvalue weighted by Gasteiger charge is -2.24. The normalized spacial score (nSPS) is 17.4. The predicted octanol–water partition coefficient (Wildman–Crippen LogP) is 2.59. The number of fused-ring (bicyclic) bond motifs is 1. The molecule has 0 unspecified atom stereocenters. The van der Waals surface area contributed by atoms with Gasteiger partial charge in [0.1, 0.15) is 0 Å². The second-order valence-electron chi connectivity index (χ2n) is 6.41. The molecular formula is C18H21N5O2. The molecule has 7 nitrogen and oxygen atoms in total. The first-order chi connectivity index (χ1) is 12.1.